The smallest absolute Gasteiger partial charge is 0.339 e. The normalized spacial score (nSPS) is 24.7. The summed E-state index contributed by atoms with van der Waals surface area (Å²) in [5, 5.41) is 2.81. The van der Waals surface area contributed by atoms with Gasteiger partial charge in [0.25, 0.3) is 0 Å². The Morgan fingerprint density at radius 3 is 1.68 bits per heavy atom. The lowest BCUT2D eigenvalue weighted by Crippen LogP contribution is -2.57. The molecule has 6 heterocycles. The highest BCUT2D eigenvalue weighted by molar-refractivity contribution is 9.10. The molecule has 2 fully saturated rings. The Balaban J connectivity index is 0.000000166. The van der Waals surface area contributed by atoms with Gasteiger partial charge in [0.05, 0.1) is 37.4 Å². The van der Waals surface area contributed by atoms with Gasteiger partial charge in [0, 0.05) is 125 Å². The summed E-state index contributed by atoms with van der Waals surface area (Å²) >= 11 is 3.36. The number of nitrogens with zero attached hydrogens (tertiary/aromatic N) is 6. The van der Waals surface area contributed by atoms with Gasteiger partial charge in [0.15, 0.2) is 0 Å². The molecular weight excluding hydrogens is 885 g/mol. The van der Waals surface area contributed by atoms with Gasteiger partial charge in [-0.1, -0.05) is 38.1 Å². The minimum atomic E-state index is -0.408. The Labute approximate surface area is 389 Å². The van der Waals surface area contributed by atoms with E-state index >= 15 is 0 Å². The summed E-state index contributed by atoms with van der Waals surface area (Å²) < 4.78 is 21.7. The molecule has 2 aromatic carbocycles. The molecule has 10 rings (SSSR count). The Kier molecular flexibility index (Phi) is 12.3. The molecule has 4 aromatic heterocycles. The van der Waals surface area contributed by atoms with Crippen molar-refractivity contribution in [2.45, 2.75) is 75.8 Å². The van der Waals surface area contributed by atoms with Gasteiger partial charge in [0.1, 0.15) is 0 Å². The van der Waals surface area contributed by atoms with Crippen LogP contribution >= 0.6 is 15.9 Å². The molecule has 0 bridgehead atoms. The van der Waals surface area contributed by atoms with E-state index < -0.39 is 5.97 Å². The molecule has 2 aliphatic heterocycles. The van der Waals surface area contributed by atoms with Crippen molar-refractivity contribution in [2.75, 3.05) is 47.0 Å². The van der Waals surface area contributed by atoms with E-state index in [9.17, 15) is 14.4 Å². The van der Waals surface area contributed by atoms with Crippen molar-refractivity contribution in [3.63, 3.8) is 0 Å². The molecule has 12 nitrogen and oxygen atoms in total. The fourth-order valence-electron chi connectivity index (χ4n) is 12.1. The topological polar surface area (TPSA) is 121 Å². The average molecular weight is 944 g/mol. The maximum absolute atomic E-state index is 12.8. The Morgan fingerprint density at radius 2 is 1.18 bits per heavy atom. The van der Waals surface area contributed by atoms with Crippen LogP contribution in [0.15, 0.2) is 90.2 Å². The number of pyridine rings is 2. The van der Waals surface area contributed by atoms with Gasteiger partial charge < -0.3 is 33.1 Å². The maximum Gasteiger partial charge on any atom is 0.339 e. The van der Waals surface area contributed by atoms with Gasteiger partial charge in [-0.2, -0.15) is 0 Å². The summed E-state index contributed by atoms with van der Waals surface area (Å²) in [5.74, 6) is -0.539. The van der Waals surface area contributed by atoms with Crippen molar-refractivity contribution in [1.29, 1.82) is 0 Å². The van der Waals surface area contributed by atoms with Crippen LogP contribution in [0.4, 0.5) is 0 Å². The van der Waals surface area contributed by atoms with Crippen molar-refractivity contribution in [3.05, 3.63) is 129 Å². The number of esters is 3. The standard InChI is InChI=1S/C28H33N3O4.C24H26BrN3O2/c1-5-34-25(32)10-18-9-20(14-29-13-18)27(33)35-17-19-12-28(2)22-7-6-8-23-26(22)21(16-30(23)3)11-24(28)31(4)15-19;1-24-9-15(14-30-23(29)16-7-18(25)11-26-10-16)12-28(3)21(24)8-17-13-27(2)20-6-4-5-19(24)22(17)20/h6-9,13-14,16,19,24H,5,10-12,15,17H2,1-4H3;4-7,10-11,13,15,21H,8-9,12,14H2,1-3H3/t19-,24-,28-;15-,21-,24-/m11/s1. The highest BCUT2D eigenvalue weighted by atomic mass is 79.9. The molecule has 2 aliphatic carbocycles. The Hall–Kier alpha value is -5.37. The van der Waals surface area contributed by atoms with Crippen LogP contribution in [0.3, 0.4) is 0 Å². The van der Waals surface area contributed by atoms with Crippen molar-refractivity contribution < 1.29 is 28.6 Å². The first-order valence-electron chi connectivity index (χ1n) is 22.8. The number of rotatable bonds is 9. The lowest BCUT2D eigenvalue weighted by molar-refractivity contribution is -0.142. The number of carbonyl (C=O) groups is 3. The van der Waals surface area contributed by atoms with Crippen molar-refractivity contribution >= 4 is 55.6 Å². The fraction of sp³-hybridized carbons (Fsp3) is 0.442. The monoisotopic (exact) mass is 942 g/mol. The third-order valence-corrected chi connectivity index (χ3v) is 15.3. The number of aryl methyl sites for hydroxylation is 2. The average Bonchev–Trinajstić information content (AvgIpc) is 3.79. The van der Waals surface area contributed by atoms with Crippen LogP contribution in [0.25, 0.3) is 21.8 Å². The molecule has 13 heteroatoms. The van der Waals surface area contributed by atoms with Crippen LogP contribution < -0.4 is 0 Å². The zero-order chi connectivity index (χ0) is 45.8. The number of piperidine rings is 2. The van der Waals surface area contributed by atoms with Gasteiger partial charge in [-0.3, -0.25) is 14.8 Å². The van der Waals surface area contributed by atoms with Crippen LogP contribution in [0.5, 0.6) is 0 Å². The van der Waals surface area contributed by atoms with Crippen LogP contribution in [0.2, 0.25) is 0 Å². The van der Waals surface area contributed by atoms with E-state index in [-0.39, 0.29) is 35.1 Å². The summed E-state index contributed by atoms with van der Waals surface area (Å²) in [6.45, 7) is 9.45. The number of halogens is 1. The fourth-order valence-corrected chi connectivity index (χ4v) is 12.5. The predicted molar refractivity (Wildman–Crippen MR) is 254 cm³/mol. The number of likely N-dealkylation sites (N-methyl/N-ethyl adjacent to an activating group) is 2. The Bertz CT molecular complexity index is 2800. The van der Waals surface area contributed by atoms with Crippen molar-refractivity contribution in [3.8, 4) is 0 Å². The Morgan fingerprint density at radius 1 is 0.692 bits per heavy atom. The van der Waals surface area contributed by atoms with Gasteiger partial charge in [-0.15, -0.1) is 0 Å². The van der Waals surface area contributed by atoms with Crippen LogP contribution in [-0.2, 0) is 63.2 Å². The largest absolute Gasteiger partial charge is 0.466 e. The number of likely N-dealkylation sites (tertiary alicyclic amines) is 2. The molecule has 0 saturated carbocycles. The predicted octanol–water partition coefficient (Wildman–Crippen LogP) is 8.00. The number of benzene rings is 2. The van der Waals surface area contributed by atoms with Crippen LogP contribution in [-0.4, -0.2) is 106 Å². The van der Waals surface area contributed by atoms with Gasteiger partial charge in [-0.05, 0) is 115 Å². The molecule has 0 N–H and O–H groups in total. The number of carbonyl (C=O) groups excluding carboxylic acids is 3. The van der Waals surface area contributed by atoms with Crippen molar-refractivity contribution in [2.24, 2.45) is 25.9 Å². The second-order valence-corrected chi connectivity index (χ2v) is 20.3. The summed E-state index contributed by atoms with van der Waals surface area (Å²) in [6.07, 6.45) is 15.0. The third kappa shape index (κ3) is 8.40. The summed E-state index contributed by atoms with van der Waals surface area (Å²) in [6, 6.07) is 17.6. The van der Waals surface area contributed by atoms with Gasteiger partial charge in [-0.25, -0.2) is 9.59 Å². The van der Waals surface area contributed by atoms with E-state index in [0.717, 1.165) is 43.2 Å². The third-order valence-electron chi connectivity index (χ3n) is 14.8. The van der Waals surface area contributed by atoms with Gasteiger partial charge >= 0.3 is 17.9 Å². The first-order valence-corrected chi connectivity index (χ1v) is 23.6. The molecule has 0 radical (unpaired) electrons. The number of ether oxygens (including phenoxy) is 3. The quantitative estimate of drug-likeness (QED) is 0.104. The molecule has 0 amide bonds. The second-order valence-electron chi connectivity index (χ2n) is 19.4. The maximum atomic E-state index is 12.8. The molecule has 0 spiro atoms. The van der Waals surface area contributed by atoms with E-state index in [2.05, 4.69) is 136 Å². The highest BCUT2D eigenvalue weighted by Gasteiger charge is 2.49. The first kappa shape index (κ1) is 44.8. The molecule has 6 aromatic rings. The van der Waals surface area contributed by atoms with Crippen molar-refractivity contribution in [1.82, 2.24) is 28.9 Å². The van der Waals surface area contributed by atoms with E-state index in [1.165, 1.54) is 50.3 Å². The minimum Gasteiger partial charge on any atom is -0.466 e. The number of aromatic nitrogens is 4. The SMILES string of the molecule is CCOC(=O)Cc1cncc(C(=O)OC[C@H]2CN(C)[C@@H]3Cc4cn(C)c5cccc(c45)[C@@]3(C)C2)c1.CN1C[C@H](COC(=O)c2cncc(Br)c2)C[C@]2(C)c3cccc4c3c(cn4C)C[C@@H]12. The number of hydrogen-bond acceptors (Lipinski definition) is 10. The van der Waals surface area contributed by atoms with Gasteiger partial charge in [0.2, 0.25) is 0 Å². The summed E-state index contributed by atoms with van der Waals surface area (Å²) in [4.78, 5) is 50.2. The second kappa shape index (κ2) is 17.8. The minimum absolute atomic E-state index is 0.0148. The molecule has 6 atom stereocenters. The van der Waals surface area contributed by atoms with E-state index in [1.807, 2.05) is 0 Å². The molecular formula is C52H59BrN6O6. The number of hydrogen-bond donors (Lipinski definition) is 0. The zero-order valence-corrected chi connectivity index (χ0v) is 40.1. The number of fused-ring (bicyclic) bond motifs is 4. The van der Waals surface area contributed by atoms with Crippen LogP contribution in [0.1, 0.15) is 82.1 Å². The summed E-state index contributed by atoms with van der Waals surface area (Å²) in [5.41, 5.74) is 9.80. The van der Waals surface area contributed by atoms with E-state index in [4.69, 9.17) is 14.2 Å². The van der Waals surface area contributed by atoms with Crippen LogP contribution in [0, 0.1) is 11.8 Å². The first-order chi connectivity index (χ1) is 31.2. The highest BCUT2D eigenvalue weighted by Crippen LogP contribution is 2.50. The van der Waals surface area contributed by atoms with E-state index in [0.29, 0.717) is 54.5 Å². The molecule has 0 unspecified atom stereocenters. The zero-order valence-electron chi connectivity index (χ0n) is 38.5. The summed E-state index contributed by atoms with van der Waals surface area (Å²) in [7, 11) is 8.65. The molecule has 340 valence electrons. The molecule has 4 aliphatic rings. The molecule has 2 saturated heterocycles. The molecule has 65 heavy (non-hydrogen) atoms. The lowest BCUT2D eigenvalue weighted by atomic mass is 9.62. The van der Waals surface area contributed by atoms with E-state index in [1.54, 1.807) is 37.6 Å². The lowest BCUT2D eigenvalue weighted by Gasteiger charge is -2.52.